The minimum absolute atomic E-state index is 0.0235. The highest BCUT2D eigenvalue weighted by Crippen LogP contribution is 2.30. The summed E-state index contributed by atoms with van der Waals surface area (Å²) in [5, 5.41) is 0.737. The molecule has 0 atom stereocenters. The van der Waals surface area contributed by atoms with Gasteiger partial charge in [-0.2, -0.15) is 0 Å². The van der Waals surface area contributed by atoms with E-state index in [1.54, 1.807) is 35.6 Å². The number of halogens is 1. The first-order valence-electron chi connectivity index (χ1n) is 11.3. The molecule has 2 fully saturated rings. The molecule has 34 heavy (non-hydrogen) atoms. The number of nitrogens with zero attached hydrogens (tertiary/aromatic N) is 3. The second-order valence-corrected chi connectivity index (χ2v) is 10.1. The largest absolute Gasteiger partial charge is 0.336 e. The number of imide groups is 1. The van der Waals surface area contributed by atoms with Gasteiger partial charge in [-0.3, -0.25) is 24.2 Å². The maximum absolute atomic E-state index is 13.0. The van der Waals surface area contributed by atoms with Crippen LogP contribution < -0.4 is 4.90 Å². The average Bonchev–Trinajstić information content (AvgIpc) is 3.45. The zero-order valence-electron chi connectivity index (χ0n) is 18.6. The summed E-state index contributed by atoms with van der Waals surface area (Å²) in [5.41, 5.74) is 2.23. The lowest BCUT2D eigenvalue weighted by Gasteiger charge is -2.34. The van der Waals surface area contributed by atoms with Crippen LogP contribution in [0.25, 0.3) is 10.4 Å². The van der Waals surface area contributed by atoms with Gasteiger partial charge >= 0.3 is 0 Å². The van der Waals surface area contributed by atoms with E-state index < -0.39 is 0 Å². The monoisotopic (exact) mass is 493 g/mol. The summed E-state index contributed by atoms with van der Waals surface area (Å²) in [6.45, 7) is 3.81. The number of carbonyl (C=O) groups excluding carboxylic acids is 3. The van der Waals surface area contributed by atoms with Crippen LogP contribution in [0.15, 0.2) is 60.7 Å². The molecule has 3 heterocycles. The lowest BCUT2D eigenvalue weighted by molar-refractivity contribution is -0.121. The quantitative estimate of drug-likeness (QED) is 0.484. The van der Waals surface area contributed by atoms with Crippen LogP contribution >= 0.6 is 22.9 Å². The molecular formula is C26H24ClN3O3S. The number of rotatable bonds is 5. The van der Waals surface area contributed by atoms with E-state index in [0.717, 1.165) is 30.2 Å². The summed E-state index contributed by atoms with van der Waals surface area (Å²) >= 11 is 7.90. The van der Waals surface area contributed by atoms with Crippen molar-refractivity contribution in [3.8, 4) is 10.4 Å². The van der Waals surface area contributed by atoms with Crippen molar-refractivity contribution in [1.82, 2.24) is 9.80 Å². The maximum Gasteiger partial charge on any atom is 0.253 e. The van der Waals surface area contributed by atoms with Crippen molar-refractivity contribution in [3.63, 3.8) is 0 Å². The highest BCUT2D eigenvalue weighted by Gasteiger charge is 2.30. The first-order valence-corrected chi connectivity index (χ1v) is 12.5. The van der Waals surface area contributed by atoms with Crippen LogP contribution in [-0.4, -0.2) is 53.7 Å². The third kappa shape index (κ3) is 4.78. The Hall–Kier alpha value is -3.00. The molecule has 0 radical (unpaired) electrons. The van der Waals surface area contributed by atoms with Gasteiger partial charge in [0.1, 0.15) is 0 Å². The molecule has 6 nitrogen and oxygen atoms in total. The molecule has 174 valence electrons. The summed E-state index contributed by atoms with van der Waals surface area (Å²) < 4.78 is 0. The van der Waals surface area contributed by atoms with Crippen LogP contribution in [-0.2, 0) is 16.1 Å². The van der Waals surface area contributed by atoms with E-state index in [1.165, 1.54) is 14.7 Å². The fraction of sp³-hybridized carbons (Fsp3) is 0.269. The lowest BCUT2D eigenvalue weighted by Crippen LogP contribution is -2.48. The minimum Gasteiger partial charge on any atom is -0.336 e. The molecule has 0 bridgehead atoms. The van der Waals surface area contributed by atoms with Gasteiger partial charge in [0.05, 0.1) is 5.69 Å². The van der Waals surface area contributed by atoms with Crippen LogP contribution in [0.2, 0.25) is 5.02 Å². The summed E-state index contributed by atoms with van der Waals surface area (Å²) in [7, 11) is 0. The lowest BCUT2D eigenvalue weighted by atomic mass is 10.1. The van der Waals surface area contributed by atoms with Gasteiger partial charge in [-0.25, -0.2) is 0 Å². The van der Waals surface area contributed by atoms with Gasteiger partial charge in [-0.15, -0.1) is 11.3 Å². The number of amides is 3. The van der Waals surface area contributed by atoms with Crippen molar-refractivity contribution in [2.24, 2.45) is 0 Å². The molecule has 2 aliphatic heterocycles. The molecule has 0 spiro atoms. The summed E-state index contributed by atoms with van der Waals surface area (Å²) in [4.78, 5) is 44.7. The van der Waals surface area contributed by atoms with E-state index in [9.17, 15) is 14.4 Å². The number of thiophene rings is 1. The molecular weight excluding hydrogens is 470 g/mol. The molecule has 0 unspecified atom stereocenters. The second-order valence-electron chi connectivity index (χ2n) is 8.51. The van der Waals surface area contributed by atoms with Crippen molar-refractivity contribution >= 4 is 46.3 Å². The zero-order valence-corrected chi connectivity index (χ0v) is 20.1. The highest BCUT2D eigenvalue weighted by molar-refractivity contribution is 7.15. The van der Waals surface area contributed by atoms with E-state index in [-0.39, 0.29) is 30.6 Å². The molecule has 0 aliphatic carbocycles. The van der Waals surface area contributed by atoms with E-state index >= 15 is 0 Å². The standard InChI is InChI=1S/C26H24ClN3O3S/c27-20-3-1-2-19(16-20)23-9-8-22(34-23)17-28-12-14-29(15-13-28)26(33)18-4-6-21(7-5-18)30-24(31)10-11-25(30)32/h1-9,16H,10-15,17H2. The van der Waals surface area contributed by atoms with Gasteiger partial charge in [0.25, 0.3) is 5.91 Å². The predicted molar refractivity (Wildman–Crippen MR) is 134 cm³/mol. The molecule has 8 heteroatoms. The molecule has 2 aliphatic rings. The molecule has 2 saturated heterocycles. The summed E-state index contributed by atoms with van der Waals surface area (Å²) in [6.07, 6.45) is 0.494. The Bertz CT molecular complexity index is 1220. The number of piperazine rings is 1. The van der Waals surface area contributed by atoms with Crippen LogP contribution in [0.3, 0.4) is 0 Å². The first kappa shape index (κ1) is 22.8. The van der Waals surface area contributed by atoms with Gasteiger partial charge in [-0.05, 0) is 54.1 Å². The van der Waals surface area contributed by atoms with Crippen LogP contribution in [0.5, 0.6) is 0 Å². The zero-order chi connectivity index (χ0) is 23.7. The Labute approximate surface area is 207 Å². The van der Waals surface area contributed by atoms with Crippen molar-refractivity contribution < 1.29 is 14.4 Å². The normalized spacial score (nSPS) is 17.0. The molecule has 3 amide bonds. The van der Waals surface area contributed by atoms with E-state index in [4.69, 9.17) is 11.6 Å². The Morgan fingerprint density at radius 1 is 0.882 bits per heavy atom. The number of anilines is 1. The van der Waals surface area contributed by atoms with Crippen molar-refractivity contribution in [2.45, 2.75) is 19.4 Å². The van der Waals surface area contributed by atoms with Gasteiger partial charge in [0.15, 0.2) is 0 Å². The number of carbonyl (C=O) groups is 3. The fourth-order valence-corrected chi connectivity index (χ4v) is 5.63. The fourth-order valence-electron chi connectivity index (χ4n) is 4.39. The number of hydrogen-bond donors (Lipinski definition) is 0. The van der Waals surface area contributed by atoms with Crippen LogP contribution in [0.4, 0.5) is 5.69 Å². The average molecular weight is 494 g/mol. The first-order chi connectivity index (χ1) is 16.5. The van der Waals surface area contributed by atoms with E-state index in [1.807, 2.05) is 23.1 Å². The van der Waals surface area contributed by atoms with Crippen LogP contribution in [0, 0.1) is 0 Å². The molecule has 0 N–H and O–H groups in total. The highest BCUT2D eigenvalue weighted by atomic mass is 35.5. The minimum atomic E-state index is -0.189. The summed E-state index contributed by atoms with van der Waals surface area (Å²) in [5.74, 6) is -0.402. The molecule has 0 saturated carbocycles. The van der Waals surface area contributed by atoms with E-state index in [0.29, 0.717) is 24.3 Å². The maximum atomic E-state index is 13.0. The Morgan fingerprint density at radius 3 is 2.26 bits per heavy atom. The van der Waals surface area contributed by atoms with Gasteiger partial charge in [0, 0.05) is 65.9 Å². The molecule has 2 aromatic carbocycles. The van der Waals surface area contributed by atoms with Crippen LogP contribution in [0.1, 0.15) is 28.1 Å². The molecule has 3 aromatic rings. The number of hydrogen-bond acceptors (Lipinski definition) is 5. The predicted octanol–water partition coefficient (Wildman–Crippen LogP) is 4.68. The second kappa shape index (κ2) is 9.70. The van der Waals surface area contributed by atoms with Crippen molar-refractivity contribution in [2.75, 3.05) is 31.1 Å². The third-order valence-electron chi connectivity index (χ3n) is 6.23. The third-order valence-corrected chi connectivity index (χ3v) is 7.59. The summed E-state index contributed by atoms with van der Waals surface area (Å²) in [6, 6.07) is 19.0. The SMILES string of the molecule is O=C(c1ccc(N2C(=O)CCC2=O)cc1)N1CCN(Cc2ccc(-c3cccc(Cl)c3)s2)CC1. The Kier molecular flexibility index (Phi) is 6.50. The number of benzene rings is 2. The van der Waals surface area contributed by atoms with Gasteiger partial charge in [0.2, 0.25) is 11.8 Å². The van der Waals surface area contributed by atoms with E-state index in [2.05, 4.69) is 23.1 Å². The molecule has 5 rings (SSSR count). The Balaban J connectivity index is 1.16. The van der Waals surface area contributed by atoms with Crippen molar-refractivity contribution in [1.29, 1.82) is 0 Å². The topological polar surface area (TPSA) is 60.9 Å². The Morgan fingerprint density at radius 2 is 1.59 bits per heavy atom. The van der Waals surface area contributed by atoms with Gasteiger partial charge < -0.3 is 4.90 Å². The van der Waals surface area contributed by atoms with Gasteiger partial charge in [-0.1, -0.05) is 23.7 Å². The molecule has 1 aromatic heterocycles. The van der Waals surface area contributed by atoms with Crippen molar-refractivity contribution in [3.05, 3.63) is 76.1 Å². The smallest absolute Gasteiger partial charge is 0.253 e.